The Morgan fingerprint density at radius 2 is 1.75 bits per heavy atom. The summed E-state index contributed by atoms with van der Waals surface area (Å²) >= 11 is 6.16. The Morgan fingerprint density at radius 1 is 0.950 bits per heavy atom. The summed E-state index contributed by atoms with van der Waals surface area (Å²) in [6, 6.07) is 16.7. The van der Waals surface area contributed by atoms with Crippen molar-refractivity contribution in [2.75, 3.05) is 10.6 Å². The van der Waals surface area contributed by atoms with Crippen LogP contribution in [0.4, 0.5) is 11.8 Å². The maximum atomic E-state index is 11.2. The molecular formula is C31H34ClN7O. The van der Waals surface area contributed by atoms with Crippen LogP contribution in [0, 0.1) is 17.8 Å². The van der Waals surface area contributed by atoms with Crippen LogP contribution in [0.15, 0.2) is 79.4 Å². The normalized spacial score (nSPS) is 15.1. The van der Waals surface area contributed by atoms with Crippen molar-refractivity contribution in [1.82, 2.24) is 24.8 Å². The molecular weight excluding hydrogens is 522 g/mol. The number of halogens is 1. The molecule has 0 saturated heterocycles. The molecule has 3 heterocycles. The summed E-state index contributed by atoms with van der Waals surface area (Å²) in [6.45, 7) is 0.994. The summed E-state index contributed by atoms with van der Waals surface area (Å²) in [5.41, 5.74) is 2.04. The monoisotopic (exact) mass is 555 g/mol. The Hall–Kier alpha value is -3.90. The maximum Gasteiger partial charge on any atom is 0.226 e. The lowest BCUT2D eigenvalue weighted by Crippen LogP contribution is -2.43. The molecule has 0 spiro atoms. The van der Waals surface area contributed by atoms with Crippen LogP contribution in [0.5, 0.6) is 0 Å². The van der Waals surface area contributed by atoms with E-state index < -0.39 is 12.3 Å². The highest BCUT2D eigenvalue weighted by atomic mass is 35.5. The van der Waals surface area contributed by atoms with Gasteiger partial charge in [0.05, 0.1) is 0 Å². The molecule has 4 N–H and O–H groups in total. The SMILES string of the molecule is OC(NCc1ccncc1)C(C#CC1CCCCC1)Nc1cc(-n2cccc2)nc(NCc2cccc(Cl)c2)n1. The van der Waals surface area contributed by atoms with Gasteiger partial charge in [0.2, 0.25) is 5.95 Å². The minimum atomic E-state index is -0.933. The maximum absolute atomic E-state index is 11.2. The van der Waals surface area contributed by atoms with E-state index in [4.69, 9.17) is 21.6 Å². The van der Waals surface area contributed by atoms with Crippen molar-refractivity contribution < 1.29 is 5.11 Å². The molecule has 1 aliphatic carbocycles. The Labute approximate surface area is 240 Å². The topological polar surface area (TPSA) is 99.9 Å². The predicted octanol–water partition coefficient (Wildman–Crippen LogP) is 5.40. The molecule has 1 fully saturated rings. The number of hydrogen-bond donors (Lipinski definition) is 4. The molecule has 3 aromatic heterocycles. The molecule has 0 amide bonds. The highest BCUT2D eigenvalue weighted by Crippen LogP contribution is 2.23. The molecule has 2 unspecified atom stereocenters. The van der Waals surface area contributed by atoms with Crippen LogP contribution in [0.2, 0.25) is 5.02 Å². The Bertz CT molecular complexity index is 1410. The molecule has 1 aliphatic rings. The molecule has 0 bridgehead atoms. The number of hydrogen-bond acceptors (Lipinski definition) is 7. The average Bonchev–Trinajstić information content (AvgIpc) is 3.53. The number of benzene rings is 1. The summed E-state index contributed by atoms with van der Waals surface area (Å²) in [4.78, 5) is 13.5. The molecule has 0 radical (unpaired) electrons. The van der Waals surface area contributed by atoms with Gasteiger partial charge in [-0.3, -0.25) is 10.3 Å². The van der Waals surface area contributed by atoms with E-state index in [9.17, 15) is 5.11 Å². The van der Waals surface area contributed by atoms with Gasteiger partial charge in [-0.2, -0.15) is 9.97 Å². The molecule has 206 valence electrons. The Kier molecular flexibility index (Phi) is 9.64. The number of rotatable bonds is 10. The zero-order valence-electron chi connectivity index (χ0n) is 22.3. The average molecular weight is 556 g/mol. The molecule has 2 atom stereocenters. The molecule has 1 saturated carbocycles. The van der Waals surface area contributed by atoms with Gasteiger partial charge in [-0.05, 0) is 60.4 Å². The van der Waals surface area contributed by atoms with Crippen molar-refractivity contribution in [3.8, 4) is 17.7 Å². The van der Waals surface area contributed by atoms with Gasteiger partial charge >= 0.3 is 0 Å². The van der Waals surface area contributed by atoms with E-state index in [1.165, 1.54) is 19.3 Å². The molecule has 1 aromatic carbocycles. The fraction of sp³-hybridized carbons (Fsp3) is 0.323. The number of aliphatic hydroxyl groups is 1. The van der Waals surface area contributed by atoms with E-state index in [0.717, 1.165) is 24.0 Å². The zero-order valence-corrected chi connectivity index (χ0v) is 23.1. The smallest absolute Gasteiger partial charge is 0.226 e. The summed E-state index contributed by atoms with van der Waals surface area (Å²) < 4.78 is 1.91. The van der Waals surface area contributed by atoms with Crippen LogP contribution < -0.4 is 16.0 Å². The zero-order chi connectivity index (χ0) is 27.6. The van der Waals surface area contributed by atoms with Gasteiger partial charge in [-0.1, -0.05) is 54.8 Å². The Morgan fingerprint density at radius 3 is 2.52 bits per heavy atom. The van der Waals surface area contributed by atoms with Crippen molar-refractivity contribution in [1.29, 1.82) is 0 Å². The van der Waals surface area contributed by atoms with Crippen LogP contribution in [0.1, 0.15) is 43.2 Å². The first-order valence-corrected chi connectivity index (χ1v) is 14.1. The number of aliphatic hydroxyl groups excluding tert-OH is 1. The lowest BCUT2D eigenvalue weighted by Gasteiger charge is -2.23. The second kappa shape index (κ2) is 13.9. The quantitative estimate of drug-likeness (QED) is 0.153. The van der Waals surface area contributed by atoms with Gasteiger partial charge in [0, 0.05) is 54.9 Å². The van der Waals surface area contributed by atoms with E-state index in [1.54, 1.807) is 12.4 Å². The predicted molar refractivity (Wildman–Crippen MR) is 159 cm³/mol. The number of anilines is 2. The lowest BCUT2D eigenvalue weighted by molar-refractivity contribution is 0.130. The molecule has 9 heteroatoms. The summed E-state index contributed by atoms with van der Waals surface area (Å²) in [5.74, 6) is 8.80. The second-order valence-corrected chi connectivity index (χ2v) is 10.4. The highest BCUT2D eigenvalue weighted by molar-refractivity contribution is 6.30. The van der Waals surface area contributed by atoms with Crippen LogP contribution in [0.3, 0.4) is 0 Å². The summed E-state index contributed by atoms with van der Waals surface area (Å²) in [7, 11) is 0. The van der Waals surface area contributed by atoms with Gasteiger partial charge in [-0.15, -0.1) is 0 Å². The van der Waals surface area contributed by atoms with Gasteiger partial charge in [0.1, 0.15) is 23.9 Å². The van der Waals surface area contributed by atoms with Crippen molar-refractivity contribution in [3.05, 3.63) is 95.5 Å². The van der Waals surface area contributed by atoms with Crippen molar-refractivity contribution in [3.63, 3.8) is 0 Å². The largest absolute Gasteiger partial charge is 0.375 e. The van der Waals surface area contributed by atoms with Crippen molar-refractivity contribution in [2.45, 2.75) is 57.5 Å². The molecule has 40 heavy (non-hydrogen) atoms. The first kappa shape index (κ1) is 27.7. The van der Waals surface area contributed by atoms with E-state index in [1.807, 2.05) is 71.6 Å². The number of aromatic nitrogens is 4. The van der Waals surface area contributed by atoms with Crippen molar-refractivity contribution in [2.24, 2.45) is 5.92 Å². The third-order valence-corrected chi connectivity index (χ3v) is 7.09. The minimum Gasteiger partial charge on any atom is -0.375 e. The van der Waals surface area contributed by atoms with Crippen LogP contribution in [-0.2, 0) is 13.1 Å². The van der Waals surface area contributed by atoms with Gasteiger partial charge in [0.25, 0.3) is 0 Å². The second-order valence-electron chi connectivity index (χ2n) is 9.94. The van der Waals surface area contributed by atoms with Crippen LogP contribution >= 0.6 is 11.6 Å². The van der Waals surface area contributed by atoms with E-state index in [2.05, 4.69) is 32.8 Å². The van der Waals surface area contributed by atoms with Crippen LogP contribution in [0.25, 0.3) is 5.82 Å². The first-order valence-electron chi connectivity index (χ1n) is 13.7. The van der Waals surface area contributed by atoms with Gasteiger partial charge in [0.15, 0.2) is 0 Å². The third kappa shape index (κ3) is 8.06. The molecule has 8 nitrogen and oxygen atoms in total. The number of pyridine rings is 1. The molecule has 0 aliphatic heterocycles. The van der Waals surface area contributed by atoms with E-state index >= 15 is 0 Å². The summed E-state index contributed by atoms with van der Waals surface area (Å²) in [5, 5.41) is 21.8. The van der Waals surface area contributed by atoms with Gasteiger partial charge in [-0.25, -0.2) is 0 Å². The number of nitrogens with one attached hydrogen (secondary N) is 3. The fourth-order valence-electron chi connectivity index (χ4n) is 4.68. The fourth-order valence-corrected chi connectivity index (χ4v) is 4.90. The van der Waals surface area contributed by atoms with Crippen molar-refractivity contribution >= 4 is 23.4 Å². The number of nitrogens with zero attached hydrogens (tertiary/aromatic N) is 4. The van der Waals surface area contributed by atoms with E-state index in [-0.39, 0.29) is 0 Å². The van der Waals surface area contributed by atoms with E-state index in [0.29, 0.717) is 41.6 Å². The summed E-state index contributed by atoms with van der Waals surface area (Å²) in [6.07, 6.45) is 12.3. The van der Waals surface area contributed by atoms with Crippen LogP contribution in [-0.4, -0.2) is 36.9 Å². The Balaban J connectivity index is 1.38. The lowest BCUT2D eigenvalue weighted by atomic mass is 9.89. The molecule has 4 aromatic rings. The minimum absolute atomic E-state index is 0.348. The standard InChI is InChI=1S/C31H34ClN7O/c32-26-10-6-9-25(19-26)22-35-31-37-28(20-29(38-31)39-17-4-5-18-39)36-27(12-11-23-7-2-1-3-8-23)30(40)34-21-24-13-15-33-16-14-24/h4-6,9-10,13-20,23,27,30,34,40H,1-3,7-8,21-22H2,(H2,35,36,37,38). The highest BCUT2D eigenvalue weighted by Gasteiger charge is 2.19. The third-order valence-electron chi connectivity index (χ3n) is 6.85. The van der Waals surface area contributed by atoms with Gasteiger partial charge < -0.3 is 20.3 Å². The first-order chi connectivity index (χ1) is 19.6. The molecule has 5 rings (SSSR count).